The van der Waals surface area contributed by atoms with E-state index in [0.29, 0.717) is 5.56 Å². The van der Waals surface area contributed by atoms with Crippen LogP contribution in [0.1, 0.15) is 15.9 Å². The first-order chi connectivity index (χ1) is 10.3. The second-order valence-corrected chi connectivity index (χ2v) is 4.64. The van der Waals surface area contributed by atoms with Gasteiger partial charge in [0.1, 0.15) is 6.61 Å². The van der Waals surface area contributed by atoms with E-state index < -0.39 is 11.8 Å². The molecule has 0 saturated carbocycles. The van der Waals surface area contributed by atoms with Gasteiger partial charge in [-0.25, -0.2) is 4.79 Å². The molecule has 2 aromatic carbocycles. The van der Waals surface area contributed by atoms with E-state index in [4.69, 9.17) is 4.74 Å². The van der Waals surface area contributed by atoms with Gasteiger partial charge in [0.15, 0.2) is 0 Å². The Kier molecular flexibility index (Phi) is 3.51. The maximum atomic E-state index is 12.1. The SMILES string of the molecule is O=C(OCc1ccccc1)C(=O)c1c[nH]c2ccccc12. The molecule has 0 spiro atoms. The maximum absolute atomic E-state index is 12.1. The van der Waals surface area contributed by atoms with Crippen molar-refractivity contribution in [1.29, 1.82) is 0 Å². The van der Waals surface area contributed by atoms with Gasteiger partial charge in [-0.15, -0.1) is 0 Å². The molecule has 1 N–H and O–H groups in total. The minimum Gasteiger partial charge on any atom is -0.455 e. The highest BCUT2D eigenvalue weighted by atomic mass is 16.5. The molecule has 1 aromatic heterocycles. The molecule has 0 aliphatic carbocycles. The largest absolute Gasteiger partial charge is 0.455 e. The predicted molar refractivity (Wildman–Crippen MR) is 78.9 cm³/mol. The summed E-state index contributed by atoms with van der Waals surface area (Å²) in [6.07, 6.45) is 1.54. The molecule has 0 aliphatic rings. The molecule has 0 atom stereocenters. The molecular weight excluding hydrogens is 266 g/mol. The number of ether oxygens (including phenoxy) is 1. The lowest BCUT2D eigenvalue weighted by atomic mass is 10.1. The zero-order chi connectivity index (χ0) is 14.7. The first kappa shape index (κ1) is 13.1. The van der Waals surface area contributed by atoms with Gasteiger partial charge in [0.2, 0.25) is 0 Å². The number of esters is 1. The topological polar surface area (TPSA) is 59.2 Å². The summed E-state index contributed by atoms with van der Waals surface area (Å²) in [4.78, 5) is 27.0. The average Bonchev–Trinajstić information content (AvgIpc) is 2.97. The molecular formula is C17H13NO3. The zero-order valence-electron chi connectivity index (χ0n) is 11.2. The van der Waals surface area contributed by atoms with Gasteiger partial charge in [-0.2, -0.15) is 0 Å². The second kappa shape index (κ2) is 5.63. The number of ketones is 1. The number of carbonyl (C=O) groups excluding carboxylic acids is 2. The number of benzene rings is 2. The zero-order valence-corrected chi connectivity index (χ0v) is 11.2. The van der Waals surface area contributed by atoms with Gasteiger partial charge < -0.3 is 9.72 Å². The Morgan fingerprint density at radius 1 is 0.952 bits per heavy atom. The van der Waals surface area contributed by atoms with Gasteiger partial charge in [0.05, 0.1) is 5.56 Å². The Bertz CT molecular complexity index is 790. The van der Waals surface area contributed by atoms with Crippen molar-refractivity contribution in [3.05, 3.63) is 71.9 Å². The molecule has 0 unspecified atom stereocenters. The van der Waals surface area contributed by atoms with Crippen molar-refractivity contribution in [1.82, 2.24) is 4.98 Å². The van der Waals surface area contributed by atoms with Gasteiger partial charge in [0, 0.05) is 17.1 Å². The first-order valence-corrected chi connectivity index (χ1v) is 6.57. The van der Waals surface area contributed by atoms with E-state index in [0.717, 1.165) is 16.5 Å². The lowest BCUT2D eigenvalue weighted by Crippen LogP contribution is -2.17. The van der Waals surface area contributed by atoms with Crippen LogP contribution in [0.2, 0.25) is 0 Å². The van der Waals surface area contributed by atoms with Gasteiger partial charge in [-0.1, -0.05) is 48.5 Å². The third-order valence-corrected chi connectivity index (χ3v) is 3.23. The Labute approximate surface area is 121 Å². The summed E-state index contributed by atoms with van der Waals surface area (Å²) in [5, 5.41) is 0.721. The highest BCUT2D eigenvalue weighted by Gasteiger charge is 2.21. The Morgan fingerprint density at radius 2 is 1.67 bits per heavy atom. The summed E-state index contributed by atoms with van der Waals surface area (Å²) < 4.78 is 5.06. The third-order valence-electron chi connectivity index (χ3n) is 3.23. The molecule has 0 bridgehead atoms. The molecule has 0 amide bonds. The van der Waals surface area contributed by atoms with Crippen molar-refractivity contribution in [3.63, 3.8) is 0 Å². The van der Waals surface area contributed by atoms with Crippen LogP contribution >= 0.6 is 0 Å². The maximum Gasteiger partial charge on any atom is 0.380 e. The number of hydrogen-bond donors (Lipinski definition) is 1. The van der Waals surface area contributed by atoms with E-state index in [-0.39, 0.29) is 6.61 Å². The van der Waals surface area contributed by atoms with Gasteiger partial charge in [-0.05, 0) is 11.6 Å². The van der Waals surface area contributed by atoms with Crippen LogP contribution < -0.4 is 0 Å². The number of nitrogens with one attached hydrogen (secondary N) is 1. The first-order valence-electron chi connectivity index (χ1n) is 6.57. The van der Waals surface area contributed by atoms with E-state index in [1.807, 2.05) is 48.5 Å². The number of Topliss-reactive ketones (excluding diaryl/α,β-unsaturated/α-hetero) is 1. The number of aromatic nitrogens is 1. The number of hydrogen-bond acceptors (Lipinski definition) is 3. The second-order valence-electron chi connectivity index (χ2n) is 4.64. The van der Waals surface area contributed by atoms with Crippen LogP contribution in [0, 0.1) is 0 Å². The Hall–Kier alpha value is -2.88. The van der Waals surface area contributed by atoms with E-state index in [9.17, 15) is 9.59 Å². The van der Waals surface area contributed by atoms with Crippen LogP contribution in [0.3, 0.4) is 0 Å². The fourth-order valence-corrected chi connectivity index (χ4v) is 2.16. The number of aromatic amines is 1. The normalized spacial score (nSPS) is 10.5. The van der Waals surface area contributed by atoms with E-state index >= 15 is 0 Å². The molecule has 1 heterocycles. The van der Waals surface area contributed by atoms with Gasteiger partial charge in [0.25, 0.3) is 5.78 Å². The number of carbonyl (C=O) groups is 2. The summed E-state index contributed by atoms with van der Waals surface area (Å²) >= 11 is 0. The van der Waals surface area contributed by atoms with Crippen molar-refractivity contribution in [2.24, 2.45) is 0 Å². The van der Waals surface area contributed by atoms with Crippen molar-refractivity contribution >= 4 is 22.7 Å². The van der Waals surface area contributed by atoms with Crippen LogP contribution in [0.5, 0.6) is 0 Å². The van der Waals surface area contributed by atoms with Crippen LogP contribution in [-0.2, 0) is 16.1 Å². The van der Waals surface area contributed by atoms with Crippen LogP contribution in [0.4, 0.5) is 0 Å². The van der Waals surface area contributed by atoms with Crippen LogP contribution in [0.15, 0.2) is 60.8 Å². The Morgan fingerprint density at radius 3 is 2.48 bits per heavy atom. The highest BCUT2D eigenvalue weighted by molar-refractivity contribution is 6.42. The molecule has 21 heavy (non-hydrogen) atoms. The molecule has 0 aliphatic heterocycles. The third kappa shape index (κ3) is 2.69. The van der Waals surface area contributed by atoms with Gasteiger partial charge >= 0.3 is 5.97 Å². The van der Waals surface area contributed by atoms with E-state index in [1.54, 1.807) is 6.07 Å². The molecule has 0 fully saturated rings. The van der Waals surface area contributed by atoms with Crippen LogP contribution in [-0.4, -0.2) is 16.7 Å². The van der Waals surface area contributed by atoms with Crippen molar-refractivity contribution in [2.75, 3.05) is 0 Å². The molecule has 104 valence electrons. The van der Waals surface area contributed by atoms with Crippen molar-refractivity contribution in [3.8, 4) is 0 Å². The number of rotatable bonds is 4. The summed E-state index contributed by atoms with van der Waals surface area (Å²) in [5.74, 6) is -1.48. The molecule has 0 saturated heterocycles. The molecule has 4 nitrogen and oxygen atoms in total. The van der Waals surface area contributed by atoms with Crippen LogP contribution in [0.25, 0.3) is 10.9 Å². The van der Waals surface area contributed by atoms with Gasteiger partial charge in [-0.3, -0.25) is 4.79 Å². The lowest BCUT2D eigenvalue weighted by molar-refractivity contribution is -0.139. The summed E-state index contributed by atoms with van der Waals surface area (Å²) in [6.45, 7) is 0.0910. The van der Waals surface area contributed by atoms with E-state index in [2.05, 4.69) is 4.98 Å². The number of para-hydroxylation sites is 1. The predicted octanol–water partition coefficient (Wildman–Crippen LogP) is 3.09. The lowest BCUT2D eigenvalue weighted by Gasteiger charge is -2.03. The summed E-state index contributed by atoms with van der Waals surface area (Å²) in [7, 11) is 0. The minimum atomic E-state index is -0.844. The molecule has 3 aromatic rings. The fourth-order valence-electron chi connectivity index (χ4n) is 2.16. The summed E-state index contributed by atoms with van der Waals surface area (Å²) in [5.41, 5.74) is 2.00. The quantitative estimate of drug-likeness (QED) is 0.453. The molecule has 0 radical (unpaired) electrons. The standard InChI is InChI=1S/C17H13NO3/c19-16(14-10-18-15-9-5-4-8-13(14)15)17(20)21-11-12-6-2-1-3-7-12/h1-10,18H,11H2. The Balaban J connectivity index is 1.74. The number of H-pyrrole nitrogens is 1. The van der Waals surface area contributed by atoms with Crippen molar-refractivity contribution in [2.45, 2.75) is 6.61 Å². The molecule has 4 heteroatoms. The average molecular weight is 279 g/mol. The summed E-state index contributed by atoms with van der Waals surface area (Å²) in [6, 6.07) is 16.6. The number of fused-ring (bicyclic) bond motifs is 1. The smallest absolute Gasteiger partial charge is 0.380 e. The highest BCUT2D eigenvalue weighted by Crippen LogP contribution is 2.18. The fraction of sp³-hybridized carbons (Fsp3) is 0.0588. The minimum absolute atomic E-state index is 0.0910. The van der Waals surface area contributed by atoms with Crippen molar-refractivity contribution < 1.29 is 14.3 Å². The van der Waals surface area contributed by atoms with E-state index in [1.165, 1.54) is 6.20 Å². The monoisotopic (exact) mass is 279 g/mol. The molecule has 3 rings (SSSR count).